The molecule has 0 N–H and O–H groups in total. The van der Waals surface area contributed by atoms with Crippen LogP contribution in [0.15, 0.2) is 24.3 Å². The number of fused-ring (bicyclic) bond motifs is 2. The highest BCUT2D eigenvalue weighted by Crippen LogP contribution is 2.39. The Morgan fingerprint density at radius 2 is 1.91 bits per heavy atom. The topological polar surface area (TPSA) is 46.6 Å². The summed E-state index contributed by atoms with van der Waals surface area (Å²) in [4.78, 5) is 27.2. The number of hydrogen-bond donors (Lipinski definition) is 0. The Morgan fingerprint density at radius 1 is 1.23 bits per heavy atom. The average Bonchev–Trinajstić information content (AvgIpc) is 2.76. The SMILES string of the molecule is COc1ccc(CN2C3CCC(C)(C)C(=O)C2C(=O)C3)cc1. The van der Waals surface area contributed by atoms with Crippen molar-refractivity contribution in [3.63, 3.8) is 0 Å². The van der Waals surface area contributed by atoms with Gasteiger partial charge in [0.15, 0.2) is 11.6 Å². The number of ketones is 2. The Morgan fingerprint density at radius 3 is 2.55 bits per heavy atom. The van der Waals surface area contributed by atoms with Gasteiger partial charge in [0.25, 0.3) is 0 Å². The molecule has 2 saturated heterocycles. The van der Waals surface area contributed by atoms with Crippen molar-refractivity contribution in [2.24, 2.45) is 5.41 Å². The van der Waals surface area contributed by atoms with E-state index in [-0.39, 0.29) is 17.6 Å². The van der Waals surface area contributed by atoms with Gasteiger partial charge in [0, 0.05) is 24.4 Å². The highest BCUT2D eigenvalue weighted by Gasteiger charge is 2.51. The van der Waals surface area contributed by atoms with Crippen LogP contribution in [0.3, 0.4) is 0 Å². The Bertz CT molecular complexity index is 591. The second kappa shape index (κ2) is 5.51. The standard InChI is InChI=1S/C18H23NO3/c1-18(2)9-8-13-10-15(20)16(17(18)21)19(13)11-12-4-6-14(22-3)7-5-12/h4-7,13,16H,8-11H2,1-3H3. The monoisotopic (exact) mass is 301 g/mol. The molecular weight excluding hydrogens is 278 g/mol. The molecule has 2 aliphatic heterocycles. The Hall–Kier alpha value is -1.68. The van der Waals surface area contributed by atoms with E-state index in [0.29, 0.717) is 13.0 Å². The van der Waals surface area contributed by atoms with Gasteiger partial charge in [0.1, 0.15) is 11.8 Å². The number of benzene rings is 1. The van der Waals surface area contributed by atoms with Crippen molar-refractivity contribution in [2.75, 3.05) is 7.11 Å². The van der Waals surface area contributed by atoms with Gasteiger partial charge in [-0.1, -0.05) is 26.0 Å². The molecule has 0 saturated carbocycles. The first-order valence-electron chi connectivity index (χ1n) is 7.88. The van der Waals surface area contributed by atoms with Crippen molar-refractivity contribution in [3.05, 3.63) is 29.8 Å². The highest BCUT2D eigenvalue weighted by atomic mass is 16.5. The summed E-state index contributed by atoms with van der Waals surface area (Å²) in [6, 6.07) is 7.49. The predicted octanol–water partition coefficient (Wildman–Crippen LogP) is 2.60. The van der Waals surface area contributed by atoms with Crippen molar-refractivity contribution >= 4 is 11.6 Å². The Kier molecular flexibility index (Phi) is 3.81. The van der Waals surface area contributed by atoms with E-state index in [0.717, 1.165) is 24.2 Å². The molecule has 2 fully saturated rings. The van der Waals surface area contributed by atoms with Crippen LogP contribution in [-0.2, 0) is 16.1 Å². The minimum absolute atomic E-state index is 0.0889. The van der Waals surface area contributed by atoms with Gasteiger partial charge in [-0.25, -0.2) is 0 Å². The number of ether oxygens (including phenoxy) is 1. The predicted molar refractivity (Wildman–Crippen MR) is 83.8 cm³/mol. The molecule has 0 aromatic heterocycles. The zero-order valence-electron chi connectivity index (χ0n) is 13.5. The van der Waals surface area contributed by atoms with Gasteiger partial charge in [-0.3, -0.25) is 14.5 Å². The van der Waals surface area contributed by atoms with Gasteiger partial charge >= 0.3 is 0 Å². The second-order valence-electron chi connectivity index (χ2n) is 7.03. The molecule has 1 aromatic carbocycles. The van der Waals surface area contributed by atoms with E-state index < -0.39 is 11.5 Å². The van der Waals surface area contributed by atoms with Crippen molar-refractivity contribution in [1.82, 2.24) is 4.90 Å². The molecule has 22 heavy (non-hydrogen) atoms. The molecule has 2 atom stereocenters. The van der Waals surface area contributed by atoms with Crippen LogP contribution in [0.2, 0.25) is 0 Å². The van der Waals surface area contributed by atoms with Gasteiger partial charge in [-0.2, -0.15) is 0 Å². The lowest BCUT2D eigenvalue weighted by atomic mass is 9.78. The first kappa shape index (κ1) is 15.2. The lowest BCUT2D eigenvalue weighted by Crippen LogP contribution is -2.45. The largest absolute Gasteiger partial charge is 0.497 e. The number of carbonyl (C=O) groups is 2. The number of methoxy groups -OCH3 is 1. The van der Waals surface area contributed by atoms with Gasteiger partial charge in [-0.05, 0) is 30.5 Å². The third kappa shape index (κ3) is 2.56. The van der Waals surface area contributed by atoms with E-state index in [1.165, 1.54) is 0 Å². The van der Waals surface area contributed by atoms with E-state index in [1.807, 2.05) is 38.1 Å². The molecule has 2 bridgehead atoms. The van der Waals surface area contributed by atoms with Crippen LogP contribution in [0, 0.1) is 5.41 Å². The first-order valence-corrected chi connectivity index (χ1v) is 7.88. The summed E-state index contributed by atoms with van der Waals surface area (Å²) in [6.45, 7) is 4.58. The average molecular weight is 301 g/mol. The minimum Gasteiger partial charge on any atom is -0.497 e. The van der Waals surface area contributed by atoms with Crippen LogP contribution in [0.1, 0.15) is 38.7 Å². The fraction of sp³-hybridized carbons (Fsp3) is 0.556. The lowest BCUT2D eigenvalue weighted by Gasteiger charge is -2.27. The summed E-state index contributed by atoms with van der Waals surface area (Å²) in [5.74, 6) is 0.998. The zero-order chi connectivity index (χ0) is 15.9. The highest BCUT2D eigenvalue weighted by molar-refractivity contribution is 6.10. The molecule has 2 aliphatic rings. The Balaban J connectivity index is 1.86. The summed E-state index contributed by atoms with van der Waals surface area (Å²) >= 11 is 0. The van der Waals surface area contributed by atoms with Crippen LogP contribution < -0.4 is 4.74 Å². The molecule has 0 aliphatic carbocycles. The van der Waals surface area contributed by atoms with E-state index in [1.54, 1.807) is 7.11 Å². The Labute approximate surface area is 131 Å². The van der Waals surface area contributed by atoms with Crippen molar-refractivity contribution in [3.8, 4) is 5.75 Å². The van der Waals surface area contributed by atoms with Gasteiger partial charge in [0.05, 0.1) is 7.11 Å². The van der Waals surface area contributed by atoms with Gasteiger partial charge in [-0.15, -0.1) is 0 Å². The molecule has 1 aromatic rings. The lowest BCUT2D eigenvalue weighted by molar-refractivity contribution is -0.136. The summed E-state index contributed by atoms with van der Waals surface area (Å²) < 4.78 is 5.17. The fourth-order valence-corrected chi connectivity index (χ4v) is 3.60. The molecule has 0 radical (unpaired) electrons. The molecule has 2 heterocycles. The number of rotatable bonds is 3. The van der Waals surface area contributed by atoms with E-state index in [9.17, 15) is 9.59 Å². The zero-order valence-corrected chi connectivity index (χ0v) is 13.5. The van der Waals surface area contributed by atoms with E-state index >= 15 is 0 Å². The maximum Gasteiger partial charge on any atom is 0.163 e. The second-order valence-corrected chi connectivity index (χ2v) is 7.03. The number of hydrogen-bond acceptors (Lipinski definition) is 4. The van der Waals surface area contributed by atoms with Gasteiger partial charge in [0.2, 0.25) is 0 Å². The summed E-state index contributed by atoms with van der Waals surface area (Å²) in [7, 11) is 1.64. The third-order valence-electron chi connectivity index (χ3n) is 5.08. The third-order valence-corrected chi connectivity index (χ3v) is 5.08. The van der Waals surface area contributed by atoms with Crippen LogP contribution in [0.25, 0.3) is 0 Å². The minimum atomic E-state index is -0.551. The molecule has 2 unspecified atom stereocenters. The number of nitrogens with zero attached hydrogens (tertiary/aromatic N) is 1. The fourth-order valence-electron chi connectivity index (χ4n) is 3.60. The first-order chi connectivity index (χ1) is 10.4. The maximum atomic E-state index is 12.8. The molecule has 118 valence electrons. The summed E-state index contributed by atoms with van der Waals surface area (Å²) in [6.07, 6.45) is 2.29. The summed E-state index contributed by atoms with van der Waals surface area (Å²) in [5, 5.41) is 0. The maximum absolute atomic E-state index is 12.8. The van der Waals surface area contributed by atoms with Crippen LogP contribution in [-0.4, -0.2) is 35.7 Å². The molecular formula is C18H23NO3. The van der Waals surface area contributed by atoms with Crippen LogP contribution >= 0.6 is 0 Å². The van der Waals surface area contributed by atoms with Crippen LogP contribution in [0.4, 0.5) is 0 Å². The quantitative estimate of drug-likeness (QED) is 0.805. The van der Waals surface area contributed by atoms with Gasteiger partial charge < -0.3 is 4.74 Å². The molecule has 4 heteroatoms. The van der Waals surface area contributed by atoms with Crippen molar-refractivity contribution in [1.29, 1.82) is 0 Å². The summed E-state index contributed by atoms with van der Waals surface area (Å²) in [5.41, 5.74) is 0.714. The number of carbonyl (C=O) groups excluding carboxylic acids is 2. The van der Waals surface area contributed by atoms with E-state index in [4.69, 9.17) is 4.74 Å². The molecule has 0 spiro atoms. The van der Waals surface area contributed by atoms with Crippen molar-refractivity contribution in [2.45, 2.75) is 51.7 Å². The smallest absolute Gasteiger partial charge is 0.163 e. The molecule has 0 amide bonds. The van der Waals surface area contributed by atoms with E-state index in [2.05, 4.69) is 4.90 Å². The van der Waals surface area contributed by atoms with Crippen molar-refractivity contribution < 1.29 is 14.3 Å². The normalized spacial score (nSPS) is 27.8. The molecule has 3 rings (SSSR count). The van der Waals surface area contributed by atoms with Crippen LogP contribution in [0.5, 0.6) is 5.75 Å². The number of Topliss-reactive ketones (excluding diaryl/α,β-unsaturated/α-hetero) is 2. The molecule has 4 nitrogen and oxygen atoms in total.